The van der Waals surface area contributed by atoms with Gasteiger partial charge in [-0.25, -0.2) is 13.8 Å². The number of hydrogen-bond acceptors (Lipinski definition) is 7. The third kappa shape index (κ3) is 6.67. The molecular weight excluding hydrogens is 531 g/mol. The van der Waals surface area contributed by atoms with Gasteiger partial charge in [-0.3, -0.25) is 19.5 Å². The minimum Gasteiger partial charge on any atom is -0.336 e. The Hall–Kier alpha value is -3.52. The molecule has 14 heteroatoms. The Bertz CT molecular complexity index is 1290. The van der Waals surface area contributed by atoms with Crippen LogP contribution < -0.4 is 5.32 Å². The first kappa shape index (κ1) is 27.5. The van der Waals surface area contributed by atoms with Gasteiger partial charge in [-0.05, 0) is 42.7 Å². The monoisotopic (exact) mass is 554 g/mol. The summed E-state index contributed by atoms with van der Waals surface area (Å²) in [6.07, 6.45) is -5.26. The number of carbonyl (C=O) groups is 2. The number of piperazine rings is 1. The predicted octanol–water partition coefficient (Wildman–Crippen LogP) is 4.13. The molecule has 1 fully saturated rings. The number of nitrogens with one attached hydrogen (secondary N) is 1. The zero-order valence-electron chi connectivity index (χ0n) is 20.1. The lowest BCUT2D eigenvalue weighted by molar-refractivity contribution is -0.141. The highest BCUT2D eigenvalue weighted by atomic mass is 32.1. The number of aromatic nitrogens is 3. The van der Waals surface area contributed by atoms with Crippen molar-refractivity contribution in [2.24, 2.45) is 0 Å². The summed E-state index contributed by atoms with van der Waals surface area (Å²) in [6.45, 7) is 2.72. The first-order chi connectivity index (χ1) is 18.0. The van der Waals surface area contributed by atoms with Crippen LogP contribution in [0.4, 0.5) is 27.6 Å². The molecule has 1 N–H and O–H groups in total. The molecule has 38 heavy (non-hydrogen) atoms. The van der Waals surface area contributed by atoms with Gasteiger partial charge in [0.15, 0.2) is 5.69 Å². The second kappa shape index (κ2) is 11.5. The van der Waals surface area contributed by atoms with Gasteiger partial charge in [0, 0.05) is 54.9 Å². The van der Waals surface area contributed by atoms with Crippen LogP contribution in [0.1, 0.15) is 42.7 Å². The van der Waals surface area contributed by atoms with E-state index in [1.165, 1.54) is 6.20 Å². The second-order valence-electron chi connectivity index (χ2n) is 8.65. The van der Waals surface area contributed by atoms with E-state index in [0.29, 0.717) is 54.2 Å². The highest BCUT2D eigenvalue weighted by molar-refractivity contribution is 7.06. The van der Waals surface area contributed by atoms with Gasteiger partial charge in [0.1, 0.15) is 0 Å². The van der Waals surface area contributed by atoms with Crippen LogP contribution in [-0.2, 0) is 12.6 Å². The molecule has 1 aliphatic heterocycles. The molecule has 4 rings (SSSR count). The highest BCUT2D eigenvalue weighted by Gasteiger charge is 2.33. The number of anilines is 1. The lowest BCUT2D eigenvalue weighted by Gasteiger charge is -2.34. The van der Waals surface area contributed by atoms with E-state index in [1.54, 1.807) is 41.0 Å². The van der Waals surface area contributed by atoms with Crippen molar-refractivity contribution >= 4 is 29.0 Å². The van der Waals surface area contributed by atoms with Gasteiger partial charge >= 0.3 is 6.18 Å². The minimum atomic E-state index is -4.64. The lowest BCUT2D eigenvalue weighted by Crippen LogP contribution is -2.49. The van der Waals surface area contributed by atoms with E-state index in [9.17, 15) is 31.5 Å². The Labute approximate surface area is 218 Å². The van der Waals surface area contributed by atoms with Crippen molar-refractivity contribution in [1.29, 1.82) is 0 Å². The van der Waals surface area contributed by atoms with Crippen molar-refractivity contribution in [1.82, 2.24) is 24.1 Å². The van der Waals surface area contributed by atoms with Crippen molar-refractivity contribution in [2.75, 3.05) is 38.0 Å². The van der Waals surface area contributed by atoms with Crippen LogP contribution in [0, 0.1) is 6.92 Å². The van der Waals surface area contributed by atoms with Crippen LogP contribution in [-0.4, -0.2) is 75.1 Å². The Balaban J connectivity index is 1.40. The minimum absolute atomic E-state index is 0.0513. The number of carbonyl (C=O) groups excluding carboxylic acids is 2. The standard InChI is InChI=1S/C24H23F5N6O2S/c1-14-21(18(38-33-14)10-17-11-30-12-19(31-17)24(27,28)29)22(36)32-16-4-2-15(3-5-16)23(37)35-8-6-34(7-9-35)13-20(25)26/h2-5,11-12,20H,6-10,13H2,1H3,(H,32,36). The molecule has 1 aliphatic rings. The van der Waals surface area contributed by atoms with Crippen molar-refractivity contribution < 1.29 is 31.5 Å². The summed E-state index contributed by atoms with van der Waals surface area (Å²) in [6, 6.07) is 6.24. The fraction of sp³-hybridized carbons (Fsp3) is 0.375. The molecule has 0 bridgehead atoms. The summed E-state index contributed by atoms with van der Waals surface area (Å²) >= 11 is 0.994. The van der Waals surface area contributed by atoms with Gasteiger partial charge < -0.3 is 10.2 Å². The lowest BCUT2D eigenvalue weighted by atomic mass is 10.1. The normalized spacial score (nSPS) is 14.7. The molecule has 202 valence electrons. The Morgan fingerprint density at radius 2 is 1.76 bits per heavy atom. The quantitative estimate of drug-likeness (QED) is 0.442. The zero-order valence-corrected chi connectivity index (χ0v) is 21.0. The largest absolute Gasteiger partial charge is 0.434 e. The van der Waals surface area contributed by atoms with Crippen LogP contribution in [0.15, 0.2) is 36.7 Å². The molecule has 1 aromatic carbocycles. The van der Waals surface area contributed by atoms with Crippen LogP contribution in [0.3, 0.4) is 0 Å². The van der Waals surface area contributed by atoms with E-state index in [1.807, 2.05) is 0 Å². The third-order valence-corrected chi connectivity index (χ3v) is 6.86. The molecule has 0 atom stereocenters. The highest BCUT2D eigenvalue weighted by Crippen LogP contribution is 2.28. The molecule has 0 saturated carbocycles. The summed E-state index contributed by atoms with van der Waals surface area (Å²) in [5.41, 5.74) is 0.379. The fourth-order valence-corrected chi connectivity index (χ4v) is 4.90. The summed E-state index contributed by atoms with van der Waals surface area (Å²) in [4.78, 5) is 36.6. The number of hydrogen-bond donors (Lipinski definition) is 1. The van der Waals surface area contributed by atoms with Gasteiger partial charge in [0.05, 0.1) is 29.7 Å². The average molecular weight is 555 g/mol. The summed E-state index contributed by atoms with van der Waals surface area (Å²) in [5.74, 6) is -0.734. The van der Waals surface area contributed by atoms with Crippen molar-refractivity contribution in [3.05, 3.63) is 69.7 Å². The molecule has 8 nitrogen and oxygen atoms in total. The maximum absolute atomic E-state index is 13.0. The van der Waals surface area contributed by atoms with Crippen molar-refractivity contribution in [2.45, 2.75) is 25.9 Å². The number of rotatable bonds is 7. The number of benzene rings is 1. The number of aryl methyl sites for hydroxylation is 1. The Kier molecular flexibility index (Phi) is 8.31. The van der Waals surface area contributed by atoms with E-state index in [4.69, 9.17) is 0 Å². The molecule has 2 aromatic heterocycles. The summed E-state index contributed by atoms with van der Waals surface area (Å²) in [7, 11) is 0. The molecule has 0 radical (unpaired) electrons. The van der Waals surface area contributed by atoms with Crippen LogP contribution in [0.25, 0.3) is 0 Å². The zero-order chi connectivity index (χ0) is 27.4. The van der Waals surface area contributed by atoms with E-state index in [-0.39, 0.29) is 30.1 Å². The topological polar surface area (TPSA) is 91.3 Å². The number of halogens is 5. The van der Waals surface area contributed by atoms with Gasteiger partial charge in [-0.2, -0.15) is 17.5 Å². The molecular formula is C24H23F5N6O2S. The van der Waals surface area contributed by atoms with Crippen molar-refractivity contribution in [3.63, 3.8) is 0 Å². The van der Waals surface area contributed by atoms with E-state index in [2.05, 4.69) is 19.7 Å². The first-order valence-electron chi connectivity index (χ1n) is 11.6. The summed E-state index contributed by atoms with van der Waals surface area (Å²) in [5, 5.41) is 2.73. The maximum atomic E-state index is 13.0. The maximum Gasteiger partial charge on any atom is 0.434 e. The number of alkyl halides is 5. The summed E-state index contributed by atoms with van der Waals surface area (Å²) < 4.78 is 68.2. The van der Waals surface area contributed by atoms with Crippen LogP contribution >= 0.6 is 11.5 Å². The number of amides is 2. The van der Waals surface area contributed by atoms with E-state index >= 15 is 0 Å². The fourth-order valence-electron chi connectivity index (χ4n) is 4.02. The molecule has 3 aromatic rings. The van der Waals surface area contributed by atoms with E-state index in [0.717, 1.165) is 11.5 Å². The van der Waals surface area contributed by atoms with Crippen LogP contribution in [0.5, 0.6) is 0 Å². The molecule has 0 aliphatic carbocycles. The van der Waals surface area contributed by atoms with Gasteiger partial charge in [-0.15, -0.1) is 0 Å². The number of nitrogens with zero attached hydrogens (tertiary/aromatic N) is 5. The molecule has 2 amide bonds. The van der Waals surface area contributed by atoms with E-state index < -0.39 is 24.2 Å². The first-order valence-corrected chi connectivity index (χ1v) is 12.3. The smallest absolute Gasteiger partial charge is 0.336 e. The average Bonchev–Trinajstić information content (AvgIpc) is 3.23. The van der Waals surface area contributed by atoms with Crippen molar-refractivity contribution in [3.8, 4) is 0 Å². The Morgan fingerprint density at radius 1 is 1.08 bits per heavy atom. The molecule has 0 spiro atoms. The van der Waals surface area contributed by atoms with Gasteiger partial charge in [-0.1, -0.05) is 0 Å². The van der Waals surface area contributed by atoms with Gasteiger partial charge in [0.25, 0.3) is 18.2 Å². The molecule has 1 saturated heterocycles. The Morgan fingerprint density at radius 3 is 2.39 bits per heavy atom. The third-order valence-electron chi connectivity index (χ3n) is 5.92. The molecule has 0 unspecified atom stereocenters. The predicted molar refractivity (Wildman–Crippen MR) is 129 cm³/mol. The molecule has 3 heterocycles. The SMILES string of the molecule is Cc1nsc(Cc2cncc(C(F)(F)F)n2)c1C(=O)Nc1ccc(C(=O)N2CCN(CC(F)F)CC2)cc1. The van der Waals surface area contributed by atoms with Crippen LogP contribution in [0.2, 0.25) is 0 Å². The second-order valence-corrected chi connectivity index (χ2v) is 9.51. The van der Waals surface area contributed by atoms with Gasteiger partial charge in [0.2, 0.25) is 0 Å².